The predicted molar refractivity (Wildman–Crippen MR) is 163 cm³/mol. The summed E-state index contributed by atoms with van der Waals surface area (Å²) >= 11 is 3.57. The van der Waals surface area contributed by atoms with Crippen LogP contribution in [0.5, 0.6) is 0 Å². The number of para-hydroxylation sites is 2. The van der Waals surface area contributed by atoms with Crippen molar-refractivity contribution in [1.82, 2.24) is 15.0 Å². The molecule has 0 aliphatic heterocycles. The number of benzene rings is 2. The molecule has 3 aromatic heterocycles. The molecule has 0 saturated carbocycles. The smallest absolute Gasteiger partial charge is 0.256 e. The van der Waals surface area contributed by atoms with E-state index < -0.39 is 9.01 Å². The number of nitrogens with zero attached hydrogens (tertiary/aromatic N) is 3. The van der Waals surface area contributed by atoms with Crippen LogP contribution in [0.3, 0.4) is 0 Å². The van der Waals surface area contributed by atoms with Crippen molar-refractivity contribution in [2.45, 2.75) is 28.2 Å². The molecule has 0 bridgehead atoms. The Bertz CT molecular complexity index is 1350. The van der Waals surface area contributed by atoms with E-state index in [-0.39, 0.29) is 23.4 Å². The first kappa shape index (κ1) is 34.4. The molecule has 0 spiro atoms. The predicted octanol–water partition coefficient (Wildman–Crippen LogP) is 9.51. The van der Waals surface area contributed by atoms with E-state index in [1.54, 1.807) is 30.4 Å². The Labute approximate surface area is 267 Å². The Balaban J connectivity index is 0.000000527. The summed E-state index contributed by atoms with van der Waals surface area (Å²) in [5, 5.41) is 9.91. The molecule has 0 aliphatic rings. The van der Waals surface area contributed by atoms with Crippen molar-refractivity contribution in [3.05, 3.63) is 103 Å². The van der Waals surface area contributed by atoms with Gasteiger partial charge in [0, 0.05) is 51.1 Å². The summed E-state index contributed by atoms with van der Waals surface area (Å²) in [6, 6.07) is 27.1. The summed E-state index contributed by atoms with van der Waals surface area (Å²) in [6.07, 6.45) is 3.70. The Morgan fingerprint density at radius 1 is 0.667 bits per heavy atom. The fourth-order valence-corrected chi connectivity index (χ4v) is 5.27. The van der Waals surface area contributed by atoms with E-state index >= 15 is 0 Å². The average molecular weight is 731 g/mol. The van der Waals surface area contributed by atoms with Crippen LogP contribution in [0.15, 0.2) is 101 Å². The van der Waals surface area contributed by atoms with Crippen LogP contribution in [0.2, 0.25) is 0 Å². The third kappa shape index (κ3) is 12.3. The summed E-state index contributed by atoms with van der Waals surface area (Å²) in [5.41, 5.74) is 4.28. The van der Waals surface area contributed by atoms with Crippen molar-refractivity contribution >= 4 is 85.9 Å². The molecule has 1 radical (unpaired) electrons. The van der Waals surface area contributed by atoms with Gasteiger partial charge >= 0.3 is 66.4 Å². The number of hydrogen-bond acceptors (Lipinski definition) is 6. The minimum absolute atomic E-state index is 0. The van der Waals surface area contributed by atoms with Gasteiger partial charge in [-0.05, 0) is 43.3 Å². The van der Waals surface area contributed by atoms with E-state index in [1.807, 2.05) is 24.5 Å². The standard InChI is InChI=1S/C25H19N3S2.C2H6O.4ClH.2Co/c1-6-18-8-4-14-26-24(18)22(12-1)29-16-20-10-3-11-21(28-20)17-30-23-13-2-7-19-9-5-15-27-25(19)23;1-2-3;;;;;;/h1-15H,16-17H2;3H,2H2,1H3;4*1H;;/q;;;;;;2*+2/p-4. The van der Waals surface area contributed by atoms with Gasteiger partial charge in [-0.15, -0.1) is 23.5 Å². The molecule has 5 rings (SSSR count). The molecule has 1 N–H and O–H groups in total. The minimum Gasteiger partial charge on any atom is -0.256 e. The maximum absolute atomic E-state index is 7.57. The van der Waals surface area contributed by atoms with Crippen LogP contribution in [-0.2, 0) is 37.3 Å². The van der Waals surface area contributed by atoms with Gasteiger partial charge in [0.25, 0.3) is 0 Å². The van der Waals surface area contributed by atoms with Gasteiger partial charge in [-0.3, -0.25) is 15.0 Å². The van der Waals surface area contributed by atoms with Crippen molar-refractivity contribution < 1.29 is 30.9 Å². The molecule has 2 aromatic carbocycles. The average Bonchev–Trinajstić information content (AvgIpc) is 2.90. The van der Waals surface area contributed by atoms with Crippen LogP contribution in [0.4, 0.5) is 0 Å². The summed E-state index contributed by atoms with van der Waals surface area (Å²) < 4.78 is 0. The van der Waals surface area contributed by atoms with Gasteiger partial charge in [0.15, 0.2) is 0 Å². The number of aliphatic hydroxyl groups is 1. The van der Waals surface area contributed by atoms with E-state index in [2.05, 4.69) is 76.7 Å². The Kier molecular flexibility index (Phi) is 15.8. The molecule has 0 amide bonds. The second-order valence-electron chi connectivity index (χ2n) is 7.46. The van der Waals surface area contributed by atoms with E-state index in [4.69, 9.17) is 50.7 Å². The number of aromatic nitrogens is 3. The van der Waals surface area contributed by atoms with Crippen molar-refractivity contribution in [3.8, 4) is 0 Å². The van der Waals surface area contributed by atoms with Crippen molar-refractivity contribution in [3.63, 3.8) is 0 Å². The molecule has 212 valence electrons. The van der Waals surface area contributed by atoms with Crippen molar-refractivity contribution in [2.24, 2.45) is 0 Å². The number of rotatable bonds is 6. The van der Waals surface area contributed by atoms with E-state index in [9.17, 15) is 0 Å². The van der Waals surface area contributed by atoms with Crippen LogP contribution in [-0.4, -0.2) is 26.7 Å². The third-order valence-electron chi connectivity index (χ3n) is 4.81. The fraction of sp³-hybridized carbons (Fsp3) is 0.148. The molecular weight excluding hydrogens is 706 g/mol. The fourth-order valence-electron chi connectivity index (χ4n) is 3.38. The number of thioether (sulfide) groups is 2. The molecule has 0 fully saturated rings. The van der Waals surface area contributed by atoms with Gasteiger partial charge in [-0.1, -0.05) is 42.5 Å². The first-order valence-electron chi connectivity index (χ1n) is 11.3. The summed E-state index contributed by atoms with van der Waals surface area (Å²) in [4.78, 5) is 16.4. The topological polar surface area (TPSA) is 58.9 Å². The van der Waals surface area contributed by atoms with Crippen LogP contribution in [0, 0.1) is 0 Å². The molecule has 0 aliphatic carbocycles. The van der Waals surface area contributed by atoms with Crippen LogP contribution in [0.25, 0.3) is 21.8 Å². The van der Waals surface area contributed by atoms with Gasteiger partial charge in [-0.25, -0.2) is 0 Å². The molecule has 0 unspecified atom stereocenters. The molecular formula is C27H25Cl4Co2N3OS2. The molecule has 0 atom stereocenters. The maximum atomic E-state index is 7.57. The van der Waals surface area contributed by atoms with Crippen LogP contribution in [0.1, 0.15) is 18.3 Å². The van der Waals surface area contributed by atoms with Gasteiger partial charge in [0.2, 0.25) is 0 Å². The van der Waals surface area contributed by atoms with Gasteiger partial charge < -0.3 is 5.11 Å². The largest absolute Gasteiger partial charge is 2.00 e. The molecule has 4 nitrogen and oxygen atoms in total. The number of halogens is 4. The van der Waals surface area contributed by atoms with Gasteiger partial charge in [0.1, 0.15) is 0 Å². The summed E-state index contributed by atoms with van der Waals surface area (Å²) in [7, 11) is 17.3. The zero-order chi connectivity index (χ0) is 27.4. The molecule has 12 heteroatoms. The normalized spacial score (nSPS) is 11.0. The molecule has 0 saturated heterocycles. The maximum Gasteiger partial charge on any atom is 2.00 e. The third-order valence-corrected chi connectivity index (χ3v) is 6.97. The number of aliphatic hydroxyl groups excluding tert-OH is 1. The molecule has 39 heavy (non-hydrogen) atoms. The summed E-state index contributed by atoms with van der Waals surface area (Å²) in [5.74, 6) is 1.65. The minimum atomic E-state index is -2.49. The van der Waals surface area contributed by atoms with Crippen LogP contribution >= 0.6 is 64.1 Å². The first-order chi connectivity index (χ1) is 18.3. The Hall–Kier alpha value is -0.757. The van der Waals surface area contributed by atoms with E-state index in [0.29, 0.717) is 0 Å². The van der Waals surface area contributed by atoms with Crippen molar-refractivity contribution in [2.75, 3.05) is 6.61 Å². The first-order valence-corrected chi connectivity index (χ1v) is 19.0. The number of pyridine rings is 3. The summed E-state index contributed by atoms with van der Waals surface area (Å²) in [6.45, 7) is 1.93. The Morgan fingerprint density at radius 3 is 1.44 bits per heavy atom. The van der Waals surface area contributed by atoms with Gasteiger partial charge in [-0.2, -0.15) is 0 Å². The van der Waals surface area contributed by atoms with Crippen molar-refractivity contribution in [1.29, 1.82) is 0 Å². The van der Waals surface area contributed by atoms with Gasteiger partial charge in [0.05, 0.1) is 22.4 Å². The molecule has 5 aromatic rings. The second-order valence-corrected chi connectivity index (χ2v) is 19.8. The zero-order valence-electron chi connectivity index (χ0n) is 20.6. The van der Waals surface area contributed by atoms with E-state index in [1.165, 1.54) is 20.6 Å². The second kappa shape index (κ2) is 17.9. The molecule has 3 heterocycles. The monoisotopic (exact) mass is 729 g/mol. The van der Waals surface area contributed by atoms with E-state index in [0.717, 1.165) is 33.9 Å². The van der Waals surface area contributed by atoms with Crippen LogP contribution < -0.4 is 0 Å². The number of fused-ring (bicyclic) bond motifs is 2. The Morgan fingerprint density at radius 2 is 1.03 bits per heavy atom. The SMILES string of the molecule is CCO.[Cl][Co-2]([Cl])([Cl])[Cl].[Co+2].c1cc(CSc2cccc3cccnc23)nc(CSc2cccc3cccnc23)c1. The zero-order valence-corrected chi connectivity index (χ0v) is 27.3. The number of hydrogen-bond donors (Lipinski definition) is 1. The quantitative estimate of drug-likeness (QED) is 0.176.